The fraction of sp³-hybridized carbons (Fsp3) is 0.679. The van der Waals surface area contributed by atoms with E-state index in [1.54, 1.807) is 4.90 Å². The van der Waals surface area contributed by atoms with Crippen LogP contribution in [-0.2, 0) is 14.3 Å². The topological polar surface area (TPSA) is 82.2 Å². The number of nitrogens with zero attached hydrogens (tertiary/aromatic N) is 3. The minimum atomic E-state index is -0.723. The highest BCUT2D eigenvalue weighted by molar-refractivity contribution is 5.99. The van der Waals surface area contributed by atoms with Gasteiger partial charge in [0.2, 0.25) is 5.91 Å². The number of carbonyl (C=O) groups excluding carboxylic acids is 3. The molecular weight excluding hydrogens is 456 g/mol. The lowest BCUT2D eigenvalue weighted by molar-refractivity contribution is -0.140. The van der Waals surface area contributed by atoms with Crippen LogP contribution in [0.3, 0.4) is 0 Å². The Balaban J connectivity index is 1.32. The van der Waals surface area contributed by atoms with Gasteiger partial charge in [-0.1, -0.05) is 20.8 Å². The van der Waals surface area contributed by atoms with Gasteiger partial charge in [0.1, 0.15) is 18.7 Å². The van der Waals surface area contributed by atoms with E-state index in [-0.39, 0.29) is 36.2 Å². The lowest BCUT2D eigenvalue weighted by Gasteiger charge is -2.37. The van der Waals surface area contributed by atoms with E-state index in [9.17, 15) is 14.4 Å². The van der Waals surface area contributed by atoms with Gasteiger partial charge in [-0.05, 0) is 61.9 Å². The fourth-order valence-corrected chi connectivity index (χ4v) is 5.92. The van der Waals surface area contributed by atoms with Crippen LogP contribution in [0.1, 0.15) is 50.4 Å². The number of fused-ring (bicyclic) bond motifs is 1. The zero-order valence-electron chi connectivity index (χ0n) is 22.0. The molecule has 0 spiro atoms. The molecule has 1 unspecified atom stereocenters. The minimum absolute atomic E-state index is 0.0182. The zero-order valence-corrected chi connectivity index (χ0v) is 22.0. The molecule has 8 heteroatoms. The first kappa shape index (κ1) is 25.2. The molecule has 8 nitrogen and oxygen atoms in total. The molecule has 0 bridgehead atoms. The Kier molecular flexibility index (Phi) is 6.85. The van der Waals surface area contributed by atoms with Gasteiger partial charge in [-0.3, -0.25) is 14.4 Å². The first-order valence-electron chi connectivity index (χ1n) is 13.5. The lowest BCUT2D eigenvalue weighted by Crippen LogP contribution is -2.57. The summed E-state index contributed by atoms with van der Waals surface area (Å²) in [5.41, 5.74) is 1.17. The number of rotatable bonds is 7. The van der Waals surface area contributed by atoms with Crippen molar-refractivity contribution < 1.29 is 19.1 Å². The van der Waals surface area contributed by atoms with Gasteiger partial charge in [0.15, 0.2) is 5.78 Å². The Morgan fingerprint density at radius 2 is 1.78 bits per heavy atom. The summed E-state index contributed by atoms with van der Waals surface area (Å²) in [6.07, 6.45) is 2.79. The smallest absolute Gasteiger partial charge is 0.251 e. The van der Waals surface area contributed by atoms with Crippen molar-refractivity contribution in [3.05, 3.63) is 29.8 Å². The summed E-state index contributed by atoms with van der Waals surface area (Å²) in [6.45, 7) is 10.6. The highest BCUT2D eigenvalue weighted by atomic mass is 16.5. The summed E-state index contributed by atoms with van der Waals surface area (Å²) in [4.78, 5) is 46.4. The molecule has 0 aromatic heterocycles. The van der Waals surface area contributed by atoms with Gasteiger partial charge in [-0.15, -0.1) is 0 Å². The maximum Gasteiger partial charge on any atom is 0.251 e. The number of anilines is 1. The standard InChI is InChI=1S/C28H40N4O4/c1-5-28(2,3)25(27(35)32-16-21(18-6-7-18)24-23(32)22(33)17-36-24)29-26(34)19-8-10-20(11-9-19)31-14-12-30(4)13-15-31/h8-11,18,21,23-25H,5-7,12-17H2,1-4H3,(H,29,34)/t21-,23-,24-,25?/m1/s1. The first-order valence-corrected chi connectivity index (χ1v) is 13.5. The van der Waals surface area contributed by atoms with Crippen molar-refractivity contribution in [2.24, 2.45) is 17.3 Å². The molecule has 1 N–H and O–H groups in total. The minimum Gasteiger partial charge on any atom is -0.369 e. The number of Topliss-reactive ketones (excluding diaryl/α,β-unsaturated/α-hetero) is 1. The van der Waals surface area contributed by atoms with E-state index in [2.05, 4.69) is 22.2 Å². The van der Waals surface area contributed by atoms with Crippen molar-refractivity contribution in [2.75, 3.05) is 51.3 Å². The predicted octanol–water partition coefficient (Wildman–Crippen LogP) is 2.18. The van der Waals surface area contributed by atoms with Crippen molar-refractivity contribution in [2.45, 2.75) is 58.2 Å². The molecule has 196 valence electrons. The quantitative estimate of drug-likeness (QED) is 0.623. The molecule has 1 aliphatic carbocycles. The van der Waals surface area contributed by atoms with E-state index in [4.69, 9.17) is 4.74 Å². The third kappa shape index (κ3) is 4.77. The molecule has 0 radical (unpaired) electrons. The van der Waals surface area contributed by atoms with Crippen LogP contribution in [0.4, 0.5) is 5.69 Å². The van der Waals surface area contributed by atoms with Crippen LogP contribution in [0.5, 0.6) is 0 Å². The van der Waals surface area contributed by atoms with E-state index in [0.29, 0.717) is 24.4 Å². The Morgan fingerprint density at radius 1 is 1.11 bits per heavy atom. The number of carbonyl (C=O) groups is 3. The molecule has 3 aliphatic heterocycles. The summed E-state index contributed by atoms with van der Waals surface area (Å²) < 4.78 is 5.86. The van der Waals surface area contributed by atoms with Gasteiger partial charge in [0.25, 0.3) is 5.91 Å². The Bertz CT molecular complexity index is 997. The molecule has 1 saturated carbocycles. The normalized spacial score (nSPS) is 27.8. The molecular formula is C28H40N4O4. The number of ether oxygens (including phenoxy) is 1. The van der Waals surface area contributed by atoms with Gasteiger partial charge >= 0.3 is 0 Å². The third-order valence-electron chi connectivity index (χ3n) is 8.95. The van der Waals surface area contributed by atoms with Crippen LogP contribution in [0.15, 0.2) is 24.3 Å². The number of hydrogen-bond donors (Lipinski definition) is 1. The van der Waals surface area contributed by atoms with Gasteiger partial charge in [0.05, 0.1) is 6.10 Å². The summed E-state index contributed by atoms with van der Waals surface area (Å²) >= 11 is 0. The van der Waals surface area contributed by atoms with Crippen LogP contribution >= 0.6 is 0 Å². The van der Waals surface area contributed by atoms with Gasteiger partial charge < -0.3 is 24.8 Å². The largest absolute Gasteiger partial charge is 0.369 e. The van der Waals surface area contributed by atoms with Crippen LogP contribution in [0, 0.1) is 17.3 Å². The second kappa shape index (κ2) is 9.78. The molecule has 1 aromatic rings. The van der Waals surface area contributed by atoms with Crippen LogP contribution in [0.2, 0.25) is 0 Å². The van der Waals surface area contributed by atoms with E-state index in [1.807, 2.05) is 45.0 Å². The van der Waals surface area contributed by atoms with Crippen LogP contribution in [-0.4, -0.2) is 92.0 Å². The Hall–Kier alpha value is -2.45. The zero-order chi connectivity index (χ0) is 25.6. The number of likely N-dealkylation sites (tertiary alicyclic amines) is 1. The molecule has 4 aliphatic rings. The third-order valence-corrected chi connectivity index (χ3v) is 8.95. The lowest BCUT2D eigenvalue weighted by atomic mass is 9.80. The molecule has 4 fully saturated rings. The highest BCUT2D eigenvalue weighted by Crippen LogP contribution is 2.46. The average molecular weight is 497 g/mol. The van der Waals surface area contributed by atoms with Crippen LogP contribution in [0.25, 0.3) is 0 Å². The number of likely N-dealkylation sites (N-methyl/N-ethyl adjacent to an activating group) is 1. The molecule has 2 amide bonds. The number of piperazine rings is 1. The van der Waals surface area contributed by atoms with Crippen LogP contribution < -0.4 is 10.2 Å². The van der Waals surface area contributed by atoms with E-state index >= 15 is 0 Å². The average Bonchev–Trinajstić information content (AvgIpc) is 3.55. The predicted molar refractivity (Wildman–Crippen MR) is 138 cm³/mol. The first-order chi connectivity index (χ1) is 17.2. The van der Waals surface area contributed by atoms with Crippen molar-refractivity contribution in [3.8, 4) is 0 Å². The molecule has 1 aromatic carbocycles. The van der Waals surface area contributed by atoms with Crippen molar-refractivity contribution in [1.82, 2.24) is 15.1 Å². The summed E-state index contributed by atoms with van der Waals surface area (Å²) in [5.74, 6) is 0.306. The maximum atomic E-state index is 14.0. The molecule has 3 saturated heterocycles. The van der Waals surface area contributed by atoms with E-state index in [0.717, 1.165) is 44.7 Å². The van der Waals surface area contributed by atoms with Crippen molar-refractivity contribution >= 4 is 23.3 Å². The number of amides is 2. The Morgan fingerprint density at radius 3 is 2.39 bits per heavy atom. The van der Waals surface area contributed by atoms with Gasteiger partial charge in [-0.2, -0.15) is 0 Å². The van der Waals surface area contributed by atoms with Crippen molar-refractivity contribution in [1.29, 1.82) is 0 Å². The van der Waals surface area contributed by atoms with Crippen molar-refractivity contribution in [3.63, 3.8) is 0 Å². The maximum absolute atomic E-state index is 14.0. The van der Waals surface area contributed by atoms with E-state index in [1.165, 1.54) is 0 Å². The highest BCUT2D eigenvalue weighted by Gasteiger charge is 2.57. The molecule has 5 rings (SSSR count). The molecule has 3 heterocycles. The number of ketones is 1. The van der Waals surface area contributed by atoms with E-state index < -0.39 is 17.5 Å². The monoisotopic (exact) mass is 496 g/mol. The van der Waals surface area contributed by atoms with Gasteiger partial charge in [-0.25, -0.2) is 0 Å². The molecule has 36 heavy (non-hydrogen) atoms. The Labute approximate surface area is 214 Å². The second-order valence-electron chi connectivity index (χ2n) is 11.8. The number of hydrogen-bond acceptors (Lipinski definition) is 6. The summed E-state index contributed by atoms with van der Waals surface area (Å²) in [5, 5.41) is 3.06. The summed E-state index contributed by atoms with van der Waals surface area (Å²) in [6, 6.07) is 6.42. The molecule has 4 atom stereocenters. The second-order valence-corrected chi connectivity index (χ2v) is 11.8. The number of benzene rings is 1. The van der Waals surface area contributed by atoms with Gasteiger partial charge in [0, 0.05) is 49.9 Å². The fourth-order valence-electron chi connectivity index (χ4n) is 5.92. The summed E-state index contributed by atoms with van der Waals surface area (Å²) in [7, 11) is 2.13. The SMILES string of the molecule is CCC(C)(C)C(NC(=O)c1ccc(N2CCN(C)CC2)cc1)C(=O)N1C[C@H](C2CC2)[C@H]2OCC(=O)[C@H]21. The number of nitrogens with one attached hydrogen (secondary N) is 1.